The molecule has 0 atom stereocenters. The molecule has 0 fully saturated rings. The zero-order valence-corrected chi connectivity index (χ0v) is 34.6. The van der Waals surface area contributed by atoms with E-state index in [-0.39, 0.29) is 0 Å². The standard InChI is InChI=1S/C62H41N/c1-4-15-42(16-5-1)47-27-28-49-40-52(36-31-48(49)39-47)63(60-26-14-25-54-53-22-11-10-17-44(53)32-38-57(54)60)51-34-29-43(30-35-51)50-33-37-56-55-23-12-13-24-58(55)61(45-18-6-2-7-19-45)62(59(56)41-50)46-20-8-3-9-21-46/h1-41H. The van der Waals surface area contributed by atoms with Crippen LogP contribution in [0.25, 0.3) is 98.4 Å². The molecule has 294 valence electrons. The SMILES string of the molecule is c1ccc(-c2ccc3cc(N(c4ccc(-c5ccc6c(c5)c(-c5ccccc5)c(-c5ccccc5)c5ccccc56)cc4)c4cccc5c4ccc4ccccc45)ccc3c2)cc1. The lowest BCUT2D eigenvalue weighted by Crippen LogP contribution is -2.10. The number of benzene rings is 12. The molecule has 0 spiro atoms. The first-order valence-corrected chi connectivity index (χ1v) is 21.7. The monoisotopic (exact) mass is 799 g/mol. The van der Waals surface area contributed by atoms with Gasteiger partial charge in [0.2, 0.25) is 0 Å². The highest BCUT2D eigenvalue weighted by molar-refractivity contribution is 6.22. The smallest absolute Gasteiger partial charge is 0.0540 e. The molecule has 0 bridgehead atoms. The van der Waals surface area contributed by atoms with Gasteiger partial charge in [-0.05, 0) is 135 Å². The lowest BCUT2D eigenvalue weighted by atomic mass is 9.84. The highest BCUT2D eigenvalue weighted by Gasteiger charge is 2.20. The van der Waals surface area contributed by atoms with E-state index >= 15 is 0 Å². The molecule has 0 amide bonds. The summed E-state index contributed by atoms with van der Waals surface area (Å²) in [5.74, 6) is 0. The van der Waals surface area contributed by atoms with Gasteiger partial charge < -0.3 is 4.90 Å². The molecule has 0 aliphatic carbocycles. The molecule has 1 heteroatoms. The summed E-state index contributed by atoms with van der Waals surface area (Å²) in [4.78, 5) is 2.43. The summed E-state index contributed by atoms with van der Waals surface area (Å²) in [7, 11) is 0. The van der Waals surface area contributed by atoms with Gasteiger partial charge in [-0.15, -0.1) is 0 Å². The second kappa shape index (κ2) is 15.3. The fourth-order valence-corrected chi connectivity index (χ4v) is 9.81. The van der Waals surface area contributed by atoms with Gasteiger partial charge in [-0.1, -0.05) is 206 Å². The Morgan fingerprint density at radius 1 is 0.206 bits per heavy atom. The van der Waals surface area contributed by atoms with Gasteiger partial charge in [-0.2, -0.15) is 0 Å². The molecule has 12 aromatic carbocycles. The minimum atomic E-state index is 1.10. The minimum absolute atomic E-state index is 1.10. The third-order valence-corrected chi connectivity index (χ3v) is 12.8. The third kappa shape index (κ3) is 6.42. The van der Waals surface area contributed by atoms with E-state index in [0.29, 0.717) is 0 Å². The van der Waals surface area contributed by atoms with Gasteiger partial charge >= 0.3 is 0 Å². The molecule has 63 heavy (non-hydrogen) atoms. The molecule has 0 N–H and O–H groups in total. The molecule has 0 aliphatic rings. The number of nitrogens with zero attached hydrogens (tertiary/aromatic N) is 1. The highest BCUT2D eigenvalue weighted by Crippen LogP contribution is 2.46. The summed E-state index contributed by atoms with van der Waals surface area (Å²) in [6.45, 7) is 0. The molecule has 0 radical (unpaired) electrons. The van der Waals surface area contributed by atoms with Crippen LogP contribution in [-0.4, -0.2) is 0 Å². The Hall–Kier alpha value is -8.26. The van der Waals surface area contributed by atoms with Crippen molar-refractivity contribution in [3.8, 4) is 44.5 Å². The van der Waals surface area contributed by atoms with Crippen molar-refractivity contribution >= 4 is 70.9 Å². The summed E-state index contributed by atoms with van der Waals surface area (Å²) in [6, 6.07) is 91.1. The van der Waals surface area contributed by atoms with Crippen molar-refractivity contribution in [2.75, 3.05) is 4.90 Å². The third-order valence-electron chi connectivity index (χ3n) is 12.8. The molecule has 1 nitrogen and oxygen atoms in total. The van der Waals surface area contributed by atoms with Crippen molar-refractivity contribution < 1.29 is 0 Å². The van der Waals surface area contributed by atoms with Crippen LogP contribution in [0.2, 0.25) is 0 Å². The van der Waals surface area contributed by atoms with Crippen molar-refractivity contribution in [3.05, 3.63) is 249 Å². The highest BCUT2D eigenvalue weighted by atomic mass is 15.1. The molecular formula is C62H41N. The average molecular weight is 800 g/mol. The Kier molecular flexibility index (Phi) is 8.90. The van der Waals surface area contributed by atoms with E-state index in [1.807, 2.05) is 0 Å². The van der Waals surface area contributed by atoms with Crippen LogP contribution in [0.1, 0.15) is 0 Å². The Balaban J connectivity index is 1.02. The zero-order valence-electron chi connectivity index (χ0n) is 34.6. The van der Waals surface area contributed by atoms with Gasteiger partial charge in [0.15, 0.2) is 0 Å². The second-order valence-electron chi connectivity index (χ2n) is 16.4. The number of rotatable bonds is 7. The minimum Gasteiger partial charge on any atom is -0.310 e. The summed E-state index contributed by atoms with van der Waals surface area (Å²) >= 11 is 0. The second-order valence-corrected chi connectivity index (χ2v) is 16.4. The van der Waals surface area contributed by atoms with E-state index in [4.69, 9.17) is 0 Å². The van der Waals surface area contributed by atoms with Crippen molar-refractivity contribution in [1.82, 2.24) is 0 Å². The Morgan fingerprint density at radius 3 is 1.41 bits per heavy atom. The predicted octanol–water partition coefficient (Wildman–Crippen LogP) is 17.6. The fourth-order valence-electron chi connectivity index (χ4n) is 9.81. The Labute approximate surface area is 367 Å². The van der Waals surface area contributed by atoms with Gasteiger partial charge in [0, 0.05) is 16.8 Å². The van der Waals surface area contributed by atoms with Crippen molar-refractivity contribution in [1.29, 1.82) is 0 Å². The Morgan fingerprint density at radius 2 is 0.667 bits per heavy atom. The lowest BCUT2D eigenvalue weighted by molar-refractivity contribution is 1.30. The van der Waals surface area contributed by atoms with Crippen LogP contribution in [-0.2, 0) is 0 Å². The summed E-state index contributed by atoms with van der Waals surface area (Å²) in [6.07, 6.45) is 0. The van der Waals surface area contributed by atoms with Gasteiger partial charge in [0.05, 0.1) is 5.69 Å². The van der Waals surface area contributed by atoms with Gasteiger partial charge in [-0.3, -0.25) is 0 Å². The maximum Gasteiger partial charge on any atom is 0.0540 e. The summed E-state index contributed by atoms with van der Waals surface area (Å²) in [5.41, 5.74) is 13.1. The molecule has 12 aromatic rings. The van der Waals surface area contributed by atoms with Crippen LogP contribution in [0, 0.1) is 0 Å². The van der Waals surface area contributed by atoms with Crippen LogP contribution in [0.3, 0.4) is 0 Å². The molecule has 0 aromatic heterocycles. The maximum atomic E-state index is 2.43. The lowest BCUT2D eigenvalue weighted by Gasteiger charge is -2.27. The first-order chi connectivity index (χ1) is 31.2. The van der Waals surface area contributed by atoms with Crippen LogP contribution >= 0.6 is 0 Å². The summed E-state index contributed by atoms with van der Waals surface area (Å²) in [5, 5.41) is 12.4. The van der Waals surface area contributed by atoms with E-state index in [1.165, 1.54) is 98.4 Å². The molecule has 0 saturated carbocycles. The van der Waals surface area contributed by atoms with Gasteiger partial charge in [0.25, 0.3) is 0 Å². The van der Waals surface area contributed by atoms with Gasteiger partial charge in [0.1, 0.15) is 0 Å². The Bertz CT molecular complexity index is 3650. The maximum absolute atomic E-state index is 2.43. The quantitative estimate of drug-likeness (QED) is 0.145. The van der Waals surface area contributed by atoms with Crippen molar-refractivity contribution in [3.63, 3.8) is 0 Å². The predicted molar refractivity (Wildman–Crippen MR) is 270 cm³/mol. The molecule has 0 aliphatic heterocycles. The van der Waals surface area contributed by atoms with Crippen LogP contribution < -0.4 is 4.90 Å². The zero-order chi connectivity index (χ0) is 41.7. The van der Waals surface area contributed by atoms with Crippen LogP contribution in [0.4, 0.5) is 17.1 Å². The van der Waals surface area contributed by atoms with Crippen LogP contribution in [0.15, 0.2) is 249 Å². The van der Waals surface area contributed by atoms with E-state index in [2.05, 4.69) is 254 Å². The number of fused-ring (bicyclic) bond motifs is 7. The first-order valence-electron chi connectivity index (χ1n) is 21.7. The molecular weight excluding hydrogens is 759 g/mol. The largest absolute Gasteiger partial charge is 0.310 e. The topological polar surface area (TPSA) is 3.24 Å². The number of hydrogen-bond donors (Lipinski definition) is 0. The van der Waals surface area contributed by atoms with E-state index in [9.17, 15) is 0 Å². The molecule has 12 rings (SSSR count). The summed E-state index contributed by atoms with van der Waals surface area (Å²) < 4.78 is 0. The number of hydrogen-bond acceptors (Lipinski definition) is 1. The van der Waals surface area contributed by atoms with Gasteiger partial charge in [-0.25, -0.2) is 0 Å². The van der Waals surface area contributed by atoms with E-state index in [1.54, 1.807) is 0 Å². The average Bonchev–Trinajstić information content (AvgIpc) is 3.36. The first kappa shape index (κ1) is 36.6. The van der Waals surface area contributed by atoms with E-state index < -0.39 is 0 Å². The van der Waals surface area contributed by atoms with Crippen molar-refractivity contribution in [2.24, 2.45) is 0 Å². The molecule has 0 heterocycles. The number of anilines is 3. The normalized spacial score (nSPS) is 11.5. The van der Waals surface area contributed by atoms with Crippen LogP contribution in [0.5, 0.6) is 0 Å². The van der Waals surface area contributed by atoms with E-state index in [0.717, 1.165) is 17.1 Å². The molecule has 0 unspecified atom stereocenters. The fraction of sp³-hybridized carbons (Fsp3) is 0. The van der Waals surface area contributed by atoms with Crippen molar-refractivity contribution in [2.45, 2.75) is 0 Å². The molecule has 0 saturated heterocycles.